The van der Waals surface area contributed by atoms with Crippen LogP contribution in [0.2, 0.25) is 0 Å². The third kappa shape index (κ3) is 4.34. The Kier molecular flexibility index (Phi) is 5.31. The monoisotopic (exact) mass is 314 g/mol. The molecular formula is C19H26N2O2. The Morgan fingerprint density at radius 1 is 1.09 bits per heavy atom. The summed E-state index contributed by atoms with van der Waals surface area (Å²) >= 11 is 0. The van der Waals surface area contributed by atoms with E-state index in [9.17, 15) is 9.59 Å². The SMILES string of the molecule is O=C(CCC1CCCCC1)Nc1ccc(N2CCCC2=O)cc1. The van der Waals surface area contributed by atoms with Gasteiger partial charge in [-0.15, -0.1) is 0 Å². The van der Waals surface area contributed by atoms with Crippen molar-refractivity contribution in [3.8, 4) is 0 Å². The molecule has 1 aromatic rings. The van der Waals surface area contributed by atoms with Crippen molar-refractivity contribution in [1.82, 2.24) is 0 Å². The summed E-state index contributed by atoms with van der Waals surface area (Å²) in [7, 11) is 0. The van der Waals surface area contributed by atoms with Crippen molar-refractivity contribution in [2.45, 2.75) is 57.8 Å². The second-order valence-corrected chi connectivity index (χ2v) is 6.79. The number of amides is 2. The molecule has 23 heavy (non-hydrogen) atoms. The molecule has 1 aliphatic heterocycles. The van der Waals surface area contributed by atoms with Crippen LogP contribution in [0.5, 0.6) is 0 Å². The van der Waals surface area contributed by atoms with Crippen molar-refractivity contribution >= 4 is 23.2 Å². The number of nitrogens with one attached hydrogen (secondary N) is 1. The standard InChI is InChI=1S/C19H26N2O2/c22-18(13-8-15-5-2-1-3-6-15)20-16-9-11-17(12-10-16)21-14-4-7-19(21)23/h9-12,15H,1-8,13-14H2,(H,20,22). The van der Waals surface area contributed by atoms with Gasteiger partial charge in [0.25, 0.3) is 0 Å². The van der Waals surface area contributed by atoms with E-state index in [4.69, 9.17) is 0 Å². The van der Waals surface area contributed by atoms with E-state index in [0.717, 1.165) is 36.7 Å². The molecular weight excluding hydrogens is 288 g/mol. The molecule has 4 nitrogen and oxygen atoms in total. The maximum absolute atomic E-state index is 12.1. The maximum Gasteiger partial charge on any atom is 0.227 e. The molecule has 1 saturated carbocycles. The zero-order valence-corrected chi connectivity index (χ0v) is 13.7. The first-order valence-electron chi connectivity index (χ1n) is 8.92. The number of carbonyl (C=O) groups excluding carboxylic acids is 2. The minimum absolute atomic E-state index is 0.0978. The average molecular weight is 314 g/mol. The van der Waals surface area contributed by atoms with E-state index in [1.807, 2.05) is 29.2 Å². The van der Waals surface area contributed by atoms with E-state index in [-0.39, 0.29) is 11.8 Å². The predicted molar refractivity (Wildman–Crippen MR) is 92.5 cm³/mol. The van der Waals surface area contributed by atoms with Crippen molar-refractivity contribution in [3.05, 3.63) is 24.3 Å². The molecule has 2 amide bonds. The summed E-state index contributed by atoms with van der Waals surface area (Å²) in [6.07, 6.45) is 9.75. The number of nitrogens with zero attached hydrogens (tertiary/aromatic N) is 1. The van der Waals surface area contributed by atoms with Crippen LogP contribution < -0.4 is 10.2 Å². The van der Waals surface area contributed by atoms with E-state index >= 15 is 0 Å². The van der Waals surface area contributed by atoms with E-state index in [2.05, 4.69) is 5.32 Å². The molecule has 0 aromatic heterocycles. The first-order valence-corrected chi connectivity index (χ1v) is 8.92. The van der Waals surface area contributed by atoms with Gasteiger partial charge in [-0.1, -0.05) is 32.1 Å². The lowest BCUT2D eigenvalue weighted by molar-refractivity contribution is -0.117. The summed E-state index contributed by atoms with van der Waals surface area (Å²) in [5.41, 5.74) is 1.74. The van der Waals surface area contributed by atoms with E-state index in [1.54, 1.807) is 0 Å². The number of rotatable bonds is 5. The van der Waals surface area contributed by atoms with Gasteiger partial charge >= 0.3 is 0 Å². The van der Waals surface area contributed by atoms with Crippen molar-refractivity contribution in [3.63, 3.8) is 0 Å². The Balaban J connectivity index is 1.47. The molecule has 124 valence electrons. The maximum atomic E-state index is 12.1. The van der Waals surface area contributed by atoms with Crippen LogP contribution in [-0.2, 0) is 9.59 Å². The van der Waals surface area contributed by atoms with Crippen molar-refractivity contribution < 1.29 is 9.59 Å². The fourth-order valence-corrected chi connectivity index (χ4v) is 3.68. The molecule has 3 rings (SSSR count). The second-order valence-electron chi connectivity index (χ2n) is 6.79. The van der Waals surface area contributed by atoms with Gasteiger partial charge in [-0.2, -0.15) is 0 Å². The molecule has 0 bridgehead atoms. The van der Waals surface area contributed by atoms with Gasteiger partial charge in [0.15, 0.2) is 0 Å². The van der Waals surface area contributed by atoms with Crippen LogP contribution >= 0.6 is 0 Å². The minimum atomic E-state index is 0.0978. The van der Waals surface area contributed by atoms with Crippen LogP contribution in [0.1, 0.15) is 57.8 Å². The molecule has 0 atom stereocenters. The van der Waals surface area contributed by atoms with Gasteiger partial charge in [-0.05, 0) is 43.0 Å². The number of hydrogen-bond donors (Lipinski definition) is 1. The van der Waals surface area contributed by atoms with Crippen molar-refractivity contribution in [2.75, 3.05) is 16.8 Å². The van der Waals surface area contributed by atoms with Crippen molar-refractivity contribution in [1.29, 1.82) is 0 Å². The molecule has 2 fully saturated rings. The second kappa shape index (κ2) is 7.62. The molecule has 1 aromatic carbocycles. The third-order valence-corrected chi connectivity index (χ3v) is 5.04. The molecule has 2 aliphatic rings. The molecule has 1 aliphatic carbocycles. The van der Waals surface area contributed by atoms with Gasteiger partial charge in [-0.3, -0.25) is 9.59 Å². The van der Waals surface area contributed by atoms with Crippen LogP contribution in [0.25, 0.3) is 0 Å². The van der Waals surface area contributed by atoms with Crippen LogP contribution in [0.4, 0.5) is 11.4 Å². The van der Waals surface area contributed by atoms with E-state index < -0.39 is 0 Å². The fraction of sp³-hybridized carbons (Fsp3) is 0.579. The number of benzene rings is 1. The van der Waals surface area contributed by atoms with Crippen LogP contribution in [-0.4, -0.2) is 18.4 Å². The van der Waals surface area contributed by atoms with Crippen molar-refractivity contribution in [2.24, 2.45) is 5.92 Å². The smallest absolute Gasteiger partial charge is 0.227 e. The molecule has 0 radical (unpaired) electrons. The highest BCUT2D eigenvalue weighted by Gasteiger charge is 2.21. The summed E-state index contributed by atoms with van der Waals surface area (Å²) < 4.78 is 0. The highest BCUT2D eigenvalue weighted by molar-refractivity contribution is 5.96. The Morgan fingerprint density at radius 3 is 2.48 bits per heavy atom. The van der Waals surface area contributed by atoms with Crippen LogP contribution in [0.3, 0.4) is 0 Å². The molecule has 0 unspecified atom stereocenters. The highest BCUT2D eigenvalue weighted by atomic mass is 16.2. The lowest BCUT2D eigenvalue weighted by Gasteiger charge is -2.21. The van der Waals surface area contributed by atoms with Gasteiger partial charge in [0, 0.05) is 30.8 Å². The number of carbonyl (C=O) groups is 2. The number of anilines is 2. The molecule has 1 heterocycles. The first kappa shape index (κ1) is 16.0. The normalized spacial score (nSPS) is 19.1. The lowest BCUT2D eigenvalue weighted by atomic mass is 9.86. The predicted octanol–water partition coefficient (Wildman–Crippen LogP) is 4.11. The molecule has 1 N–H and O–H groups in total. The summed E-state index contributed by atoms with van der Waals surface area (Å²) in [6.45, 7) is 0.798. The third-order valence-electron chi connectivity index (χ3n) is 5.04. The Bertz CT molecular complexity index is 547. The first-order chi connectivity index (χ1) is 11.2. The van der Waals surface area contributed by atoms with Gasteiger partial charge < -0.3 is 10.2 Å². The van der Waals surface area contributed by atoms with Crippen LogP contribution in [0, 0.1) is 5.92 Å². The topological polar surface area (TPSA) is 49.4 Å². The fourth-order valence-electron chi connectivity index (χ4n) is 3.68. The zero-order valence-electron chi connectivity index (χ0n) is 13.7. The molecule has 1 saturated heterocycles. The Hall–Kier alpha value is -1.84. The Morgan fingerprint density at radius 2 is 1.83 bits per heavy atom. The van der Waals surface area contributed by atoms with Gasteiger partial charge in [0.05, 0.1) is 0 Å². The average Bonchev–Trinajstić information content (AvgIpc) is 3.01. The molecule has 4 heteroatoms. The minimum Gasteiger partial charge on any atom is -0.326 e. The van der Waals surface area contributed by atoms with Gasteiger partial charge in [0.2, 0.25) is 11.8 Å². The molecule has 0 spiro atoms. The quantitative estimate of drug-likeness (QED) is 0.889. The summed E-state index contributed by atoms with van der Waals surface area (Å²) in [6, 6.07) is 7.61. The number of hydrogen-bond acceptors (Lipinski definition) is 2. The highest BCUT2D eigenvalue weighted by Crippen LogP contribution is 2.27. The Labute approximate surface area is 138 Å². The van der Waals surface area contributed by atoms with Gasteiger partial charge in [0.1, 0.15) is 0 Å². The summed E-state index contributed by atoms with van der Waals surface area (Å²) in [5.74, 6) is 1.02. The van der Waals surface area contributed by atoms with Gasteiger partial charge in [-0.25, -0.2) is 0 Å². The van der Waals surface area contributed by atoms with E-state index in [0.29, 0.717) is 12.8 Å². The zero-order chi connectivity index (χ0) is 16.1. The summed E-state index contributed by atoms with van der Waals surface area (Å²) in [4.78, 5) is 25.6. The van der Waals surface area contributed by atoms with Crippen LogP contribution in [0.15, 0.2) is 24.3 Å². The van der Waals surface area contributed by atoms with E-state index in [1.165, 1.54) is 32.1 Å². The lowest BCUT2D eigenvalue weighted by Crippen LogP contribution is -2.23. The largest absolute Gasteiger partial charge is 0.326 e. The summed E-state index contributed by atoms with van der Waals surface area (Å²) in [5, 5.41) is 2.97.